The van der Waals surface area contributed by atoms with Gasteiger partial charge in [0.15, 0.2) is 0 Å². The maximum atomic E-state index is 11.2. The smallest absolute Gasteiger partial charge is 0.270 e. The van der Waals surface area contributed by atoms with Crippen molar-refractivity contribution in [1.29, 1.82) is 0 Å². The molecule has 0 radical (unpaired) electrons. The molecule has 160 valence electrons. The molecule has 0 spiro atoms. The molecule has 9 nitrogen and oxygen atoms in total. The van der Waals surface area contributed by atoms with Crippen molar-refractivity contribution in [3.8, 4) is 0 Å². The molecule has 0 aliphatic carbocycles. The third-order valence-corrected chi connectivity index (χ3v) is 4.21. The van der Waals surface area contributed by atoms with Gasteiger partial charge in [-0.3, -0.25) is 25.7 Å². The Kier molecular flexibility index (Phi) is 7.85. The number of hydrogen-bond acceptors (Lipinski definition) is 7. The van der Waals surface area contributed by atoms with Crippen molar-refractivity contribution in [3.63, 3.8) is 0 Å². The highest BCUT2D eigenvalue weighted by Gasteiger charge is 2.17. The number of nitro benzene ring substituents is 2. The van der Waals surface area contributed by atoms with Gasteiger partial charge < -0.3 is 4.90 Å². The zero-order valence-corrected chi connectivity index (χ0v) is 17.6. The van der Waals surface area contributed by atoms with Gasteiger partial charge in [0.25, 0.3) is 11.4 Å². The third kappa shape index (κ3) is 6.54. The Bertz CT molecular complexity index is 900. The summed E-state index contributed by atoms with van der Waals surface area (Å²) in [6.45, 7) is 10.1. The van der Waals surface area contributed by atoms with E-state index in [4.69, 9.17) is 0 Å². The van der Waals surface area contributed by atoms with Gasteiger partial charge in [0, 0.05) is 48.6 Å². The third-order valence-electron chi connectivity index (χ3n) is 4.21. The molecule has 30 heavy (non-hydrogen) atoms. The normalized spacial score (nSPS) is 11.3. The first kappa shape index (κ1) is 22.8. The molecule has 0 heterocycles. The Balaban J connectivity index is 2.32. The van der Waals surface area contributed by atoms with Crippen LogP contribution in [0.1, 0.15) is 33.3 Å². The lowest BCUT2D eigenvalue weighted by atomic mass is 10.1. The van der Waals surface area contributed by atoms with Gasteiger partial charge in [-0.1, -0.05) is 27.7 Å². The average Bonchev–Trinajstić information content (AvgIpc) is 2.67. The second kappa shape index (κ2) is 10.3. The van der Waals surface area contributed by atoms with Crippen molar-refractivity contribution < 1.29 is 9.85 Å². The van der Waals surface area contributed by atoms with Crippen LogP contribution in [0.2, 0.25) is 0 Å². The van der Waals surface area contributed by atoms with Crippen LogP contribution in [-0.2, 0) is 0 Å². The summed E-state index contributed by atoms with van der Waals surface area (Å²) in [6.07, 6.45) is 1.54. The number of nitro groups is 2. The molecule has 0 atom stereocenters. The van der Waals surface area contributed by atoms with Crippen molar-refractivity contribution >= 4 is 29.0 Å². The Morgan fingerprint density at radius 2 is 1.47 bits per heavy atom. The Morgan fingerprint density at radius 3 is 1.97 bits per heavy atom. The van der Waals surface area contributed by atoms with E-state index in [-0.39, 0.29) is 11.4 Å². The number of non-ortho nitro benzene ring substituents is 2. The summed E-state index contributed by atoms with van der Waals surface area (Å²) in [6, 6.07) is 10.6. The van der Waals surface area contributed by atoms with Gasteiger partial charge in [-0.05, 0) is 30.0 Å². The molecule has 0 unspecified atom stereocenters. The monoisotopic (exact) mass is 413 g/mol. The molecule has 0 amide bonds. The molecule has 2 rings (SSSR count). The average molecular weight is 413 g/mol. The zero-order valence-electron chi connectivity index (χ0n) is 17.6. The predicted octanol–water partition coefficient (Wildman–Crippen LogP) is 5.07. The first-order chi connectivity index (χ1) is 14.2. The van der Waals surface area contributed by atoms with E-state index >= 15 is 0 Å². The molecule has 0 saturated heterocycles. The number of rotatable bonds is 10. The van der Waals surface area contributed by atoms with E-state index in [2.05, 4.69) is 43.1 Å². The largest absolute Gasteiger partial charge is 0.370 e. The highest BCUT2D eigenvalue weighted by molar-refractivity contribution is 5.89. The summed E-state index contributed by atoms with van der Waals surface area (Å²) in [5.41, 5.74) is 4.87. The van der Waals surface area contributed by atoms with E-state index in [0.717, 1.165) is 18.8 Å². The van der Waals surface area contributed by atoms with Gasteiger partial charge in [-0.15, -0.1) is 0 Å². The fourth-order valence-electron chi connectivity index (χ4n) is 3.03. The predicted molar refractivity (Wildman–Crippen MR) is 119 cm³/mol. The van der Waals surface area contributed by atoms with E-state index in [9.17, 15) is 20.2 Å². The van der Waals surface area contributed by atoms with E-state index < -0.39 is 9.85 Å². The SMILES string of the molecule is CC(C)CN(CC(C)C)c1ccc([N+](=O)[O-])cc1/C=N/Nc1ccc([N+](=O)[O-])cc1. The highest BCUT2D eigenvalue weighted by Crippen LogP contribution is 2.26. The minimum Gasteiger partial charge on any atom is -0.370 e. The quantitative estimate of drug-likeness (QED) is 0.330. The second-order valence-corrected chi connectivity index (χ2v) is 7.87. The molecule has 0 bridgehead atoms. The van der Waals surface area contributed by atoms with E-state index in [0.29, 0.717) is 23.1 Å². The first-order valence-electron chi connectivity index (χ1n) is 9.74. The fourth-order valence-corrected chi connectivity index (χ4v) is 3.03. The lowest BCUT2D eigenvalue weighted by Gasteiger charge is -2.29. The van der Waals surface area contributed by atoms with Crippen LogP contribution >= 0.6 is 0 Å². The van der Waals surface area contributed by atoms with Gasteiger partial charge in [0.1, 0.15) is 0 Å². The summed E-state index contributed by atoms with van der Waals surface area (Å²) < 4.78 is 0. The van der Waals surface area contributed by atoms with Crippen LogP contribution in [-0.4, -0.2) is 29.2 Å². The van der Waals surface area contributed by atoms with Crippen molar-refractivity contribution in [1.82, 2.24) is 0 Å². The number of nitrogens with zero attached hydrogens (tertiary/aromatic N) is 4. The number of hydrogen-bond donors (Lipinski definition) is 1. The Morgan fingerprint density at radius 1 is 0.933 bits per heavy atom. The van der Waals surface area contributed by atoms with Crippen molar-refractivity contribution in [2.24, 2.45) is 16.9 Å². The lowest BCUT2D eigenvalue weighted by Crippen LogP contribution is -2.32. The fraction of sp³-hybridized carbons (Fsp3) is 0.381. The van der Waals surface area contributed by atoms with Crippen LogP contribution in [0.4, 0.5) is 22.7 Å². The minimum absolute atomic E-state index is 0.00965. The number of anilines is 2. The molecular formula is C21H27N5O4. The standard InChI is InChI=1S/C21H27N5O4/c1-15(2)13-24(14-16(3)4)21-10-9-20(26(29)30)11-17(21)12-22-23-18-5-7-19(8-6-18)25(27)28/h5-12,15-16,23H,13-14H2,1-4H3/b22-12+. The summed E-state index contributed by atoms with van der Waals surface area (Å²) >= 11 is 0. The Hall–Kier alpha value is -3.49. The van der Waals surface area contributed by atoms with Crippen LogP contribution in [0.3, 0.4) is 0 Å². The van der Waals surface area contributed by atoms with Gasteiger partial charge in [-0.25, -0.2) is 0 Å². The topological polar surface area (TPSA) is 114 Å². The van der Waals surface area contributed by atoms with Gasteiger partial charge in [0.2, 0.25) is 0 Å². The van der Waals surface area contributed by atoms with Crippen molar-refractivity contribution in [3.05, 3.63) is 68.3 Å². The first-order valence-corrected chi connectivity index (χ1v) is 9.74. The second-order valence-electron chi connectivity index (χ2n) is 7.87. The van der Waals surface area contributed by atoms with E-state index in [1.54, 1.807) is 18.2 Å². The lowest BCUT2D eigenvalue weighted by molar-refractivity contribution is -0.385. The Labute approximate surface area is 175 Å². The van der Waals surface area contributed by atoms with Crippen LogP contribution in [0.15, 0.2) is 47.6 Å². The number of nitrogens with one attached hydrogen (secondary N) is 1. The summed E-state index contributed by atoms with van der Waals surface area (Å²) in [7, 11) is 0. The molecule has 1 N–H and O–H groups in total. The maximum Gasteiger partial charge on any atom is 0.270 e. The molecular weight excluding hydrogens is 386 g/mol. The highest BCUT2D eigenvalue weighted by atomic mass is 16.6. The van der Waals surface area contributed by atoms with Crippen LogP contribution in [0.25, 0.3) is 0 Å². The van der Waals surface area contributed by atoms with Crippen LogP contribution < -0.4 is 10.3 Å². The summed E-state index contributed by atoms with van der Waals surface area (Å²) in [5, 5.41) is 26.2. The molecule has 2 aromatic rings. The molecule has 0 aromatic heterocycles. The molecule has 9 heteroatoms. The zero-order chi connectivity index (χ0) is 22.3. The van der Waals surface area contributed by atoms with Crippen molar-refractivity contribution in [2.75, 3.05) is 23.4 Å². The van der Waals surface area contributed by atoms with Gasteiger partial charge in [-0.2, -0.15) is 5.10 Å². The molecule has 2 aromatic carbocycles. The van der Waals surface area contributed by atoms with Crippen LogP contribution in [0.5, 0.6) is 0 Å². The summed E-state index contributed by atoms with van der Waals surface area (Å²) in [4.78, 5) is 23.3. The molecule has 0 fully saturated rings. The number of benzene rings is 2. The van der Waals surface area contributed by atoms with Gasteiger partial charge in [0.05, 0.1) is 21.7 Å². The molecule has 0 aliphatic heterocycles. The van der Waals surface area contributed by atoms with E-state index in [1.807, 2.05) is 0 Å². The molecule has 0 saturated carbocycles. The minimum atomic E-state index is -0.472. The van der Waals surface area contributed by atoms with Crippen LogP contribution in [0, 0.1) is 32.1 Å². The summed E-state index contributed by atoms with van der Waals surface area (Å²) in [5.74, 6) is 0.837. The van der Waals surface area contributed by atoms with E-state index in [1.165, 1.54) is 30.5 Å². The van der Waals surface area contributed by atoms with Crippen molar-refractivity contribution in [2.45, 2.75) is 27.7 Å². The number of hydrazone groups is 1. The maximum absolute atomic E-state index is 11.2. The van der Waals surface area contributed by atoms with Gasteiger partial charge >= 0.3 is 0 Å². The molecule has 0 aliphatic rings.